The Bertz CT molecular complexity index is 1990. The van der Waals surface area contributed by atoms with Crippen LogP contribution in [0.3, 0.4) is 0 Å². The van der Waals surface area contributed by atoms with Crippen molar-refractivity contribution < 1.29 is 41.5 Å². The van der Waals surface area contributed by atoms with Gasteiger partial charge >= 0.3 is 23.9 Å². The second-order valence-electron chi connectivity index (χ2n) is 13.1. The zero-order valence-corrected chi connectivity index (χ0v) is 31.4. The summed E-state index contributed by atoms with van der Waals surface area (Å²) >= 11 is 3.33. The van der Waals surface area contributed by atoms with Crippen LogP contribution >= 0.6 is 15.9 Å². The smallest absolute Gasteiger partial charge is 0.489 e. The Morgan fingerprint density at radius 3 is 2.42 bits per heavy atom. The van der Waals surface area contributed by atoms with Gasteiger partial charge in [-0.1, -0.05) is 41.1 Å². The number of rotatable bonds is 12. The number of nitrogens with zero attached hydrogens (tertiary/aromatic N) is 4. The first-order chi connectivity index (χ1) is 24.8. The van der Waals surface area contributed by atoms with E-state index >= 15 is 4.39 Å². The fourth-order valence-electron chi connectivity index (χ4n) is 4.85. The molecule has 3 aromatic carbocycles. The van der Waals surface area contributed by atoms with Gasteiger partial charge in [-0.2, -0.15) is 17.9 Å². The van der Waals surface area contributed by atoms with Crippen molar-refractivity contribution >= 4 is 39.4 Å². The standard InChI is InChI=1S/C35H40BrF4N7O6/c1-7-20-16-23(28(37)27(17-20)51-15-14-45(5)6)29(30-43-32(49)47(44-30)26-11-9-8-10-25(26)41)42-22-12-13-24(36)21(18-22)19-46(33(50)52-34(2,3)4)53-31(48)35(38,39)40/h8-13,16-18,29,42H,7,14-15,19,41H2,1-6H3,(H,43,44,49). The SMILES string of the molecule is CCc1cc(OCCN(C)C)c(F)c(C(Nc2ccc(Br)c(CN(OC(=O)C(F)(F)F)C(=O)OC(C)(C)C)c2)c2nn(-c3ccccc3N)c(=O)[nH]2)c1. The molecule has 4 aromatic rings. The lowest BCUT2D eigenvalue weighted by atomic mass is 10.00. The summed E-state index contributed by atoms with van der Waals surface area (Å²) in [4.78, 5) is 47.0. The van der Waals surface area contributed by atoms with Crippen LogP contribution in [0, 0.1) is 5.82 Å². The van der Waals surface area contributed by atoms with Gasteiger partial charge in [-0.25, -0.2) is 18.8 Å². The molecule has 1 heterocycles. The summed E-state index contributed by atoms with van der Waals surface area (Å²) in [6.45, 7) is 6.32. The number of ether oxygens (including phenoxy) is 2. The van der Waals surface area contributed by atoms with E-state index in [1.807, 2.05) is 25.9 Å². The second kappa shape index (κ2) is 16.7. The average Bonchev–Trinajstić information content (AvgIpc) is 3.44. The van der Waals surface area contributed by atoms with Crippen molar-refractivity contribution in [3.8, 4) is 11.4 Å². The molecule has 286 valence electrons. The lowest BCUT2D eigenvalue weighted by molar-refractivity contribution is -0.234. The molecule has 53 heavy (non-hydrogen) atoms. The Morgan fingerprint density at radius 1 is 1.09 bits per heavy atom. The molecular weight excluding hydrogens is 770 g/mol. The van der Waals surface area contributed by atoms with Crippen molar-refractivity contribution in [1.29, 1.82) is 0 Å². The number of nitrogens with one attached hydrogen (secondary N) is 2. The molecule has 18 heteroatoms. The number of H-pyrrole nitrogens is 1. The number of halogens is 5. The van der Waals surface area contributed by atoms with Crippen molar-refractivity contribution in [3.05, 3.63) is 97.9 Å². The molecule has 4 N–H and O–H groups in total. The number of aromatic nitrogens is 3. The van der Waals surface area contributed by atoms with Crippen LogP contribution < -0.4 is 21.5 Å². The lowest BCUT2D eigenvalue weighted by Crippen LogP contribution is -2.41. The van der Waals surface area contributed by atoms with Crippen LogP contribution in [-0.4, -0.2) is 75.8 Å². The molecule has 0 aliphatic rings. The van der Waals surface area contributed by atoms with Crippen molar-refractivity contribution in [2.24, 2.45) is 0 Å². The summed E-state index contributed by atoms with van der Waals surface area (Å²) in [7, 11) is 3.69. The Labute approximate surface area is 311 Å². The number of para-hydroxylation sites is 2. The third kappa shape index (κ3) is 10.7. The van der Waals surface area contributed by atoms with Gasteiger partial charge in [-0.15, -0.1) is 10.2 Å². The van der Waals surface area contributed by atoms with Gasteiger partial charge in [0.2, 0.25) is 0 Å². The first kappa shape index (κ1) is 40.7. The van der Waals surface area contributed by atoms with E-state index < -0.39 is 47.9 Å². The van der Waals surface area contributed by atoms with E-state index in [0.717, 1.165) is 4.68 Å². The van der Waals surface area contributed by atoms with E-state index in [1.54, 1.807) is 42.5 Å². The fourth-order valence-corrected chi connectivity index (χ4v) is 5.22. The van der Waals surface area contributed by atoms with E-state index in [9.17, 15) is 27.6 Å². The third-order valence-electron chi connectivity index (χ3n) is 7.41. The molecule has 0 bridgehead atoms. The summed E-state index contributed by atoms with van der Waals surface area (Å²) in [6.07, 6.45) is -6.28. The van der Waals surface area contributed by atoms with Gasteiger partial charge in [0.1, 0.15) is 18.2 Å². The fraction of sp³-hybridized carbons (Fsp3) is 0.371. The number of aryl methyl sites for hydroxylation is 1. The number of hydrogen-bond donors (Lipinski definition) is 3. The van der Waals surface area contributed by atoms with Crippen LogP contribution in [0.25, 0.3) is 5.69 Å². The van der Waals surface area contributed by atoms with Crippen molar-refractivity contribution in [1.82, 2.24) is 24.7 Å². The van der Waals surface area contributed by atoms with Gasteiger partial charge in [0.25, 0.3) is 0 Å². The molecule has 0 fully saturated rings. The minimum atomic E-state index is -5.41. The molecule has 1 aromatic heterocycles. The maximum absolute atomic E-state index is 16.5. The van der Waals surface area contributed by atoms with Crippen molar-refractivity contribution in [2.75, 3.05) is 38.3 Å². The number of nitrogens with two attached hydrogens (primary N) is 1. The van der Waals surface area contributed by atoms with Gasteiger partial charge in [0, 0.05) is 22.3 Å². The minimum Gasteiger partial charge on any atom is -0.489 e. The number of benzene rings is 3. The number of anilines is 2. The first-order valence-electron chi connectivity index (χ1n) is 16.3. The molecular formula is C35H40BrF4N7O6. The van der Waals surface area contributed by atoms with Crippen molar-refractivity contribution in [3.63, 3.8) is 0 Å². The van der Waals surface area contributed by atoms with Crippen LogP contribution in [-0.2, 0) is 27.3 Å². The number of carbonyl (C=O) groups is 2. The van der Waals surface area contributed by atoms with Crippen LogP contribution in [0.4, 0.5) is 33.7 Å². The van der Waals surface area contributed by atoms with Gasteiger partial charge in [0.05, 0.1) is 17.9 Å². The Hall–Kier alpha value is -5.10. The Kier molecular flexibility index (Phi) is 12.8. The summed E-state index contributed by atoms with van der Waals surface area (Å²) in [5.74, 6) is -3.43. The summed E-state index contributed by atoms with van der Waals surface area (Å²) in [5, 5.41) is 7.78. The predicted octanol–water partition coefficient (Wildman–Crippen LogP) is 6.51. The van der Waals surface area contributed by atoms with E-state index in [1.165, 1.54) is 32.9 Å². The van der Waals surface area contributed by atoms with Crippen molar-refractivity contribution in [2.45, 2.75) is 58.5 Å². The summed E-state index contributed by atoms with van der Waals surface area (Å²) in [6, 6.07) is 13.0. The van der Waals surface area contributed by atoms with Crippen LogP contribution in [0.5, 0.6) is 5.75 Å². The molecule has 0 radical (unpaired) electrons. The highest BCUT2D eigenvalue weighted by molar-refractivity contribution is 9.10. The average molecular weight is 811 g/mol. The zero-order valence-electron chi connectivity index (χ0n) is 29.8. The molecule has 1 unspecified atom stereocenters. The number of hydrogen-bond acceptors (Lipinski definition) is 10. The number of alkyl halides is 3. The number of aromatic amines is 1. The van der Waals surface area contributed by atoms with Gasteiger partial charge < -0.3 is 30.3 Å². The molecule has 13 nitrogen and oxygen atoms in total. The normalized spacial score (nSPS) is 12.4. The highest BCUT2D eigenvalue weighted by atomic mass is 79.9. The summed E-state index contributed by atoms with van der Waals surface area (Å²) < 4.78 is 68.4. The van der Waals surface area contributed by atoms with E-state index in [0.29, 0.717) is 23.0 Å². The number of carbonyl (C=O) groups excluding carboxylic acids is 2. The Balaban J connectivity index is 1.82. The summed E-state index contributed by atoms with van der Waals surface area (Å²) in [5.41, 5.74) is 5.98. The van der Waals surface area contributed by atoms with E-state index in [2.05, 4.69) is 36.2 Å². The Morgan fingerprint density at radius 2 is 1.79 bits per heavy atom. The molecule has 1 amide bonds. The lowest BCUT2D eigenvalue weighted by Gasteiger charge is -2.27. The molecule has 0 spiro atoms. The number of hydroxylamine groups is 2. The molecule has 1 atom stereocenters. The monoisotopic (exact) mass is 809 g/mol. The quantitative estimate of drug-likeness (QED) is 0.0820. The van der Waals surface area contributed by atoms with Crippen LogP contribution in [0.15, 0.2) is 63.9 Å². The maximum atomic E-state index is 16.5. The van der Waals surface area contributed by atoms with E-state index in [4.69, 9.17) is 15.2 Å². The first-order valence-corrected chi connectivity index (χ1v) is 17.0. The number of amides is 1. The largest absolute Gasteiger partial charge is 0.493 e. The van der Waals surface area contributed by atoms with E-state index in [-0.39, 0.29) is 51.4 Å². The predicted molar refractivity (Wildman–Crippen MR) is 192 cm³/mol. The van der Waals surface area contributed by atoms with Gasteiger partial charge in [0.15, 0.2) is 17.4 Å². The zero-order chi connectivity index (χ0) is 39.2. The third-order valence-corrected chi connectivity index (χ3v) is 8.18. The van der Waals surface area contributed by atoms with Gasteiger partial charge in [-0.05, 0) is 88.8 Å². The van der Waals surface area contributed by atoms with Crippen LogP contribution in [0.2, 0.25) is 0 Å². The number of likely N-dealkylation sites (N-methyl/N-ethyl adjacent to an activating group) is 1. The second-order valence-corrected chi connectivity index (χ2v) is 13.9. The molecule has 0 aliphatic carbocycles. The molecule has 0 saturated carbocycles. The number of nitrogen functional groups attached to an aromatic ring is 1. The molecule has 0 saturated heterocycles. The maximum Gasteiger partial charge on any atom is 0.493 e. The highest BCUT2D eigenvalue weighted by Crippen LogP contribution is 2.34. The van der Waals surface area contributed by atoms with Crippen LogP contribution in [0.1, 0.15) is 56.3 Å². The minimum absolute atomic E-state index is 0.0244. The topological polar surface area (TPSA) is 157 Å². The highest BCUT2D eigenvalue weighted by Gasteiger charge is 2.44. The molecule has 4 rings (SSSR count). The van der Waals surface area contributed by atoms with Gasteiger partial charge in [-0.3, -0.25) is 4.98 Å². The molecule has 0 aliphatic heterocycles.